The number of hydrogen-bond acceptors (Lipinski definition) is 3. The van der Waals surface area contributed by atoms with Gasteiger partial charge in [0.25, 0.3) is 0 Å². The molecule has 2 aliphatic heterocycles. The average Bonchev–Trinajstić information content (AvgIpc) is 3.31. The number of piperidine rings is 1. The molecular weight excluding hydrogens is 338 g/mol. The highest BCUT2D eigenvalue weighted by atomic mass is 16.2. The number of carbonyl (C=O) groups is 2. The summed E-state index contributed by atoms with van der Waals surface area (Å²) in [4.78, 5) is 30.0. The van der Waals surface area contributed by atoms with Gasteiger partial charge in [-0.1, -0.05) is 25.7 Å². The molecule has 4 aliphatic rings. The molecule has 144 valence electrons. The number of amides is 1. The number of Topliss-reactive ketones (excluding diaryl/α,β-unsaturated/α-hetero) is 1. The molecule has 0 radical (unpaired) electrons. The fourth-order valence-corrected chi connectivity index (χ4v) is 4.96. The van der Waals surface area contributed by atoms with Crippen LogP contribution in [-0.4, -0.2) is 41.2 Å². The molecule has 2 heterocycles. The van der Waals surface area contributed by atoms with E-state index in [1.54, 1.807) is 6.92 Å². The zero-order valence-corrected chi connectivity index (χ0v) is 16.1. The van der Waals surface area contributed by atoms with E-state index in [1.807, 2.05) is 24.5 Å². The number of carbonyl (C=O) groups excluding carboxylic acids is 2. The summed E-state index contributed by atoms with van der Waals surface area (Å²) < 4.78 is 0. The van der Waals surface area contributed by atoms with Crippen LogP contribution in [0.1, 0.15) is 55.8 Å². The van der Waals surface area contributed by atoms with Gasteiger partial charge >= 0.3 is 0 Å². The van der Waals surface area contributed by atoms with E-state index in [-0.39, 0.29) is 11.7 Å². The molecule has 2 aliphatic carbocycles. The second-order valence-electron chi connectivity index (χ2n) is 8.21. The number of likely N-dealkylation sites (tertiary alicyclic amines) is 1. The molecule has 27 heavy (non-hydrogen) atoms. The summed E-state index contributed by atoms with van der Waals surface area (Å²) in [5.74, 6) is 1.71. The van der Waals surface area contributed by atoms with E-state index in [2.05, 4.69) is 15.2 Å². The molecule has 0 atom stereocenters. The first-order valence-electron chi connectivity index (χ1n) is 10.2. The average molecular weight is 367 g/mol. The second kappa shape index (κ2) is 7.85. The van der Waals surface area contributed by atoms with Crippen molar-refractivity contribution in [2.24, 2.45) is 11.8 Å². The van der Waals surface area contributed by atoms with Crippen LogP contribution < -0.4 is 5.32 Å². The van der Waals surface area contributed by atoms with Crippen molar-refractivity contribution < 1.29 is 9.59 Å². The van der Waals surface area contributed by atoms with Crippen molar-refractivity contribution in [2.45, 2.75) is 45.4 Å². The number of fused-ring (bicyclic) bond motifs is 1. The fraction of sp³-hybridized carbons (Fsp3) is 0.545. The molecule has 5 heteroatoms. The molecule has 0 aromatic carbocycles. The third-order valence-electron chi connectivity index (χ3n) is 6.45. The summed E-state index contributed by atoms with van der Waals surface area (Å²) in [5, 5.41) is 3.01. The van der Waals surface area contributed by atoms with Crippen molar-refractivity contribution in [2.75, 3.05) is 25.0 Å². The molecule has 0 spiro atoms. The first-order chi connectivity index (χ1) is 13.1. The maximum atomic E-state index is 12.7. The third-order valence-corrected chi connectivity index (χ3v) is 6.45. The lowest BCUT2D eigenvalue weighted by Crippen LogP contribution is -2.40. The van der Waals surface area contributed by atoms with Gasteiger partial charge in [0.05, 0.1) is 12.2 Å². The zero-order valence-electron chi connectivity index (χ0n) is 16.1. The number of aromatic nitrogens is 1. The van der Waals surface area contributed by atoms with Crippen molar-refractivity contribution in [3.05, 3.63) is 30.1 Å². The second-order valence-corrected chi connectivity index (χ2v) is 8.21. The Morgan fingerprint density at radius 1 is 1.15 bits per heavy atom. The van der Waals surface area contributed by atoms with Gasteiger partial charge in [-0.15, -0.1) is 0 Å². The predicted molar refractivity (Wildman–Crippen MR) is 107 cm³/mol. The normalized spacial score (nSPS) is 19.6. The number of hydrogen-bond donors (Lipinski definition) is 2. The zero-order chi connectivity index (χ0) is 18.8. The monoisotopic (exact) mass is 367 g/mol. The maximum Gasteiger partial charge on any atom is 0.238 e. The third kappa shape index (κ3) is 3.93. The summed E-state index contributed by atoms with van der Waals surface area (Å²) in [7, 11) is 0. The number of ketones is 1. The Bertz CT molecular complexity index is 783. The van der Waals surface area contributed by atoms with Crippen LogP contribution in [0, 0.1) is 11.8 Å². The number of nitrogens with one attached hydrogen (secondary N) is 2. The molecule has 4 rings (SSSR count). The number of rotatable bonds is 5. The van der Waals surface area contributed by atoms with Crippen molar-refractivity contribution in [3.8, 4) is 11.1 Å². The Kier molecular flexibility index (Phi) is 5.30. The summed E-state index contributed by atoms with van der Waals surface area (Å²) in [6, 6.07) is 3.78. The van der Waals surface area contributed by atoms with Crippen molar-refractivity contribution in [1.29, 1.82) is 0 Å². The van der Waals surface area contributed by atoms with E-state index < -0.39 is 0 Å². The number of H-pyrrole nitrogens is 1. The minimum Gasteiger partial charge on any atom is -0.367 e. The highest BCUT2D eigenvalue weighted by Gasteiger charge is 2.29. The van der Waals surface area contributed by atoms with Gasteiger partial charge in [0.1, 0.15) is 0 Å². The molecule has 1 amide bonds. The Hall–Kier alpha value is -2.14. The quantitative estimate of drug-likeness (QED) is 0.780. The van der Waals surface area contributed by atoms with Crippen LogP contribution in [0.25, 0.3) is 11.1 Å². The van der Waals surface area contributed by atoms with Gasteiger partial charge in [-0.05, 0) is 62.4 Å². The van der Waals surface area contributed by atoms with Crippen molar-refractivity contribution >= 4 is 17.4 Å². The van der Waals surface area contributed by atoms with Crippen LogP contribution in [0.4, 0.5) is 5.69 Å². The maximum absolute atomic E-state index is 12.7. The SMILES string of the molecule is CC(=O)c1cc2cc[nH]cc-2c1NC(=O)CN1CCC(C2CCCC2)CC1. The van der Waals surface area contributed by atoms with Crippen LogP contribution in [-0.2, 0) is 4.79 Å². The standard InChI is InChI=1S/C22H29N3O2/c1-15(26)19-12-18-6-9-23-13-20(18)22(19)24-21(27)14-25-10-7-17(8-11-25)16-4-2-3-5-16/h6,9,12-13,16-17,23H,2-5,7-8,10-11,14H2,1H3,(H,24,27). The molecule has 5 nitrogen and oxygen atoms in total. The lowest BCUT2D eigenvalue weighted by Gasteiger charge is -2.34. The van der Waals surface area contributed by atoms with Gasteiger partial charge in [0, 0.05) is 23.5 Å². The number of nitrogens with zero attached hydrogens (tertiary/aromatic N) is 1. The smallest absolute Gasteiger partial charge is 0.238 e. The van der Waals surface area contributed by atoms with E-state index >= 15 is 0 Å². The van der Waals surface area contributed by atoms with Gasteiger partial charge < -0.3 is 10.3 Å². The molecule has 0 unspecified atom stereocenters. The lowest BCUT2D eigenvalue weighted by molar-refractivity contribution is -0.117. The molecule has 1 saturated carbocycles. The minimum atomic E-state index is -0.0341. The largest absolute Gasteiger partial charge is 0.367 e. The highest BCUT2D eigenvalue weighted by molar-refractivity contribution is 6.10. The molecule has 0 aromatic rings. The van der Waals surface area contributed by atoms with E-state index in [0.717, 1.165) is 36.1 Å². The van der Waals surface area contributed by atoms with Gasteiger partial charge in [0.15, 0.2) is 5.78 Å². The van der Waals surface area contributed by atoms with E-state index in [4.69, 9.17) is 0 Å². The van der Waals surface area contributed by atoms with Crippen LogP contribution in [0.5, 0.6) is 0 Å². The summed E-state index contributed by atoms with van der Waals surface area (Å²) in [6.45, 7) is 3.95. The minimum absolute atomic E-state index is 0.0288. The Balaban J connectivity index is 1.37. The Labute approximate surface area is 160 Å². The number of pyridine rings is 1. The summed E-state index contributed by atoms with van der Waals surface area (Å²) in [5.41, 5.74) is 3.07. The highest BCUT2D eigenvalue weighted by Crippen LogP contribution is 2.37. The summed E-state index contributed by atoms with van der Waals surface area (Å²) in [6.07, 6.45) is 11.7. The van der Waals surface area contributed by atoms with E-state index in [1.165, 1.54) is 38.5 Å². The van der Waals surface area contributed by atoms with Gasteiger partial charge in [-0.3, -0.25) is 14.5 Å². The predicted octanol–water partition coefficient (Wildman–Crippen LogP) is 4.16. The van der Waals surface area contributed by atoms with Crippen LogP contribution in [0.3, 0.4) is 0 Å². The van der Waals surface area contributed by atoms with Crippen LogP contribution in [0.15, 0.2) is 24.5 Å². The van der Waals surface area contributed by atoms with E-state index in [9.17, 15) is 9.59 Å². The topological polar surface area (TPSA) is 65.2 Å². The van der Waals surface area contributed by atoms with Gasteiger partial charge in [-0.2, -0.15) is 0 Å². The van der Waals surface area contributed by atoms with Crippen molar-refractivity contribution in [3.63, 3.8) is 0 Å². The fourth-order valence-electron chi connectivity index (χ4n) is 4.96. The van der Waals surface area contributed by atoms with Crippen LogP contribution >= 0.6 is 0 Å². The molecule has 2 fully saturated rings. The first-order valence-corrected chi connectivity index (χ1v) is 10.2. The Morgan fingerprint density at radius 3 is 2.56 bits per heavy atom. The number of anilines is 1. The van der Waals surface area contributed by atoms with Gasteiger partial charge in [-0.25, -0.2) is 0 Å². The van der Waals surface area contributed by atoms with Crippen molar-refractivity contribution in [1.82, 2.24) is 9.88 Å². The van der Waals surface area contributed by atoms with Gasteiger partial charge in [0.2, 0.25) is 5.91 Å². The summed E-state index contributed by atoms with van der Waals surface area (Å²) >= 11 is 0. The molecule has 0 bridgehead atoms. The van der Waals surface area contributed by atoms with Crippen LogP contribution in [0.2, 0.25) is 0 Å². The molecular formula is C22H29N3O2. The Morgan fingerprint density at radius 2 is 1.85 bits per heavy atom. The molecule has 2 N–H and O–H groups in total. The lowest BCUT2D eigenvalue weighted by atomic mass is 9.83. The molecule has 1 saturated heterocycles. The molecule has 0 aromatic heterocycles. The first kappa shape index (κ1) is 18.2. The van der Waals surface area contributed by atoms with E-state index in [0.29, 0.717) is 17.8 Å². The number of aromatic amines is 1.